The minimum absolute atomic E-state index is 0.132. The van der Waals surface area contributed by atoms with Crippen LogP contribution in [-0.4, -0.2) is 17.9 Å². The Morgan fingerprint density at radius 2 is 2.16 bits per heavy atom. The van der Waals surface area contributed by atoms with E-state index in [0.717, 1.165) is 35.9 Å². The first kappa shape index (κ1) is 10.9. The van der Waals surface area contributed by atoms with E-state index in [1.807, 2.05) is 6.07 Å². The molecule has 1 aliphatic carbocycles. The molecule has 2 aliphatic rings. The normalized spacial score (nSPS) is 19.9. The molecule has 2 heterocycles. The second-order valence-electron chi connectivity index (χ2n) is 5.45. The van der Waals surface area contributed by atoms with Crippen LogP contribution in [-0.2, 0) is 10.2 Å². The summed E-state index contributed by atoms with van der Waals surface area (Å²) in [5.41, 5.74) is 1.77. The third-order valence-electron chi connectivity index (χ3n) is 4.59. The molecule has 96 valence electrons. The Hall–Kier alpha value is -1.97. The molecule has 1 fully saturated rings. The molecule has 0 N–H and O–H groups in total. The van der Waals surface area contributed by atoms with Gasteiger partial charge in [0, 0.05) is 18.0 Å². The fraction of sp³-hybridized carbons (Fsp3) is 0.333. The van der Waals surface area contributed by atoms with E-state index in [1.165, 1.54) is 6.07 Å². The average molecular weight is 256 g/mol. The van der Waals surface area contributed by atoms with Gasteiger partial charge >= 0.3 is 0 Å². The molecular weight excluding hydrogens is 243 g/mol. The molecule has 0 atom stereocenters. The lowest BCUT2D eigenvalue weighted by atomic mass is 9.64. The predicted molar refractivity (Wildman–Crippen MR) is 70.6 cm³/mol. The number of halogens is 1. The topological polar surface area (TPSA) is 33.2 Å². The van der Waals surface area contributed by atoms with Crippen molar-refractivity contribution < 1.29 is 9.18 Å². The molecule has 0 radical (unpaired) electrons. The van der Waals surface area contributed by atoms with E-state index in [-0.39, 0.29) is 11.7 Å². The van der Waals surface area contributed by atoms with Crippen LogP contribution in [0, 0.1) is 5.82 Å². The van der Waals surface area contributed by atoms with Crippen molar-refractivity contribution in [2.75, 3.05) is 11.9 Å². The maximum absolute atomic E-state index is 13.9. The summed E-state index contributed by atoms with van der Waals surface area (Å²) in [5.74, 6) is -0.191. The first-order valence-corrected chi connectivity index (χ1v) is 6.51. The molecule has 1 aliphatic heterocycles. The third kappa shape index (κ3) is 1.12. The number of fused-ring (bicyclic) bond motifs is 4. The van der Waals surface area contributed by atoms with Gasteiger partial charge in [0.15, 0.2) is 0 Å². The Labute approximate surface area is 110 Å². The highest BCUT2D eigenvalue weighted by atomic mass is 19.1. The average Bonchev–Trinajstić information content (AvgIpc) is 2.60. The van der Waals surface area contributed by atoms with Gasteiger partial charge in [-0.2, -0.15) is 0 Å². The van der Waals surface area contributed by atoms with Crippen molar-refractivity contribution in [3.05, 3.63) is 35.8 Å². The van der Waals surface area contributed by atoms with Crippen molar-refractivity contribution in [3.8, 4) is 0 Å². The lowest BCUT2D eigenvalue weighted by Crippen LogP contribution is -2.43. The molecular formula is C15H13FN2O. The van der Waals surface area contributed by atoms with Crippen molar-refractivity contribution in [2.24, 2.45) is 0 Å². The Kier molecular flexibility index (Phi) is 1.91. The lowest BCUT2D eigenvalue weighted by molar-refractivity contribution is -0.125. The molecule has 2 aromatic rings. The molecule has 0 unspecified atom stereocenters. The van der Waals surface area contributed by atoms with Gasteiger partial charge in [-0.25, -0.2) is 4.39 Å². The van der Waals surface area contributed by atoms with E-state index in [1.54, 1.807) is 24.2 Å². The highest BCUT2D eigenvalue weighted by Crippen LogP contribution is 2.54. The van der Waals surface area contributed by atoms with Gasteiger partial charge in [-0.15, -0.1) is 0 Å². The maximum Gasteiger partial charge on any atom is 0.237 e. The zero-order valence-electron chi connectivity index (χ0n) is 10.6. The van der Waals surface area contributed by atoms with E-state index >= 15 is 0 Å². The van der Waals surface area contributed by atoms with E-state index in [0.29, 0.717) is 5.52 Å². The fourth-order valence-corrected chi connectivity index (χ4v) is 3.47. The van der Waals surface area contributed by atoms with Gasteiger partial charge in [0.1, 0.15) is 11.3 Å². The lowest BCUT2D eigenvalue weighted by Gasteiger charge is -2.37. The fourth-order valence-electron chi connectivity index (χ4n) is 3.47. The number of carbonyl (C=O) groups is 1. The SMILES string of the molecule is CN1C(=O)C2(CCC2)c2c1cnc1c(F)cccc21. The van der Waals surface area contributed by atoms with E-state index < -0.39 is 5.41 Å². The van der Waals surface area contributed by atoms with Crippen LogP contribution in [0.5, 0.6) is 0 Å². The largest absolute Gasteiger partial charge is 0.313 e. The second kappa shape index (κ2) is 3.32. The third-order valence-corrected chi connectivity index (χ3v) is 4.59. The number of carbonyl (C=O) groups excluding carboxylic acids is 1. The van der Waals surface area contributed by atoms with Crippen LogP contribution >= 0.6 is 0 Å². The first-order valence-electron chi connectivity index (χ1n) is 6.51. The molecule has 1 amide bonds. The van der Waals surface area contributed by atoms with Crippen LogP contribution in [0.3, 0.4) is 0 Å². The van der Waals surface area contributed by atoms with Crippen LogP contribution < -0.4 is 4.90 Å². The summed E-state index contributed by atoms with van der Waals surface area (Å²) in [6, 6.07) is 4.97. The molecule has 1 spiro atoms. The van der Waals surface area contributed by atoms with Gasteiger partial charge in [0.05, 0.1) is 17.3 Å². The van der Waals surface area contributed by atoms with Gasteiger partial charge in [-0.05, 0) is 18.9 Å². The minimum Gasteiger partial charge on any atom is -0.313 e. The molecule has 0 saturated heterocycles. The number of anilines is 1. The summed E-state index contributed by atoms with van der Waals surface area (Å²) in [6.45, 7) is 0. The van der Waals surface area contributed by atoms with Crippen LogP contribution in [0.4, 0.5) is 10.1 Å². The van der Waals surface area contributed by atoms with Crippen LogP contribution in [0.1, 0.15) is 24.8 Å². The molecule has 4 heteroatoms. The summed E-state index contributed by atoms with van der Waals surface area (Å²) in [5, 5.41) is 0.787. The predicted octanol–water partition coefficient (Wildman–Crippen LogP) is 2.77. The molecule has 1 aromatic heterocycles. The van der Waals surface area contributed by atoms with Crippen LogP contribution in [0.15, 0.2) is 24.4 Å². The number of nitrogens with zero attached hydrogens (tertiary/aromatic N) is 2. The van der Waals surface area contributed by atoms with Crippen molar-refractivity contribution in [3.63, 3.8) is 0 Å². The summed E-state index contributed by atoms with van der Waals surface area (Å²) in [6.07, 6.45) is 4.40. The molecule has 1 saturated carbocycles. The molecule has 1 aromatic carbocycles. The maximum atomic E-state index is 13.9. The second-order valence-corrected chi connectivity index (χ2v) is 5.45. The van der Waals surface area contributed by atoms with E-state index in [4.69, 9.17) is 0 Å². The number of amides is 1. The zero-order chi connectivity index (χ0) is 13.2. The summed E-state index contributed by atoms with van der Waals surface area (Å²) in [4.78, 5) is 18.4. The summed E-state index contributed by atoms with van der Waals surface area (Å²) >= 11 is 0. The zero-order valence-corrected chi connectivity index (χ0v) is 10.6. The highest BCUT2D eigenvalue weighted by molar-refractivity contribution is 6.12. The number of rotatable bonds is 0. The number of hydrogen-bond acceptors (Lipinski definition) is 2. The van der Waals surface area contributed by atoms with Crippen molar-refractivity contribution >= 4 is 22.5 Å². The minimum atomic E-state index is -0.418. The Balaban J connectivity index is 2.13. The van der Waals surface area contributed by atoms with Crippen LogP contribution in [0.25, 0.3) is 10.9 Å². The van der Waals surface area contributed by atoms with Gasteiger partial charge in [0.2, 0.25) is 5.91 Å². The van der Waals surface area contributed by atoms with Crippen molar-refractivity contribution in [1.29, 1.82) is 0 Å². The molecule has 0 bridgehead atoms. The Bertz CT molecular complexity index is 721. The molecule has 3 nitrogen and oxygen atoms in total. The first-order chi connectivity index (χ1) is 9.15. The number of benzene rings is 1. The number of pyridine rings is 1. The smallest absolute Gasteiger partial charge is 0.237 e. The molecule has 4 rings (SSSR count). The van der Waals surface area contributed by atoms with Gasteiger partial charge in [-0.3, -0.25) is 9.78 Å². The number of hydrogen-bond donors (Lipinski definition) is 0. The van der Waals surface area contributed by atoms with E-state index in [2.05, 4.69) is 4.98 Å². The number of para-hydroxylation sites is 1. The van der Waals surface area contributed by atoms with Gasteiger partial charge < -0.3 is 4.90 Å². The highest BCUT2D eigenvalue weighted by Gasteiger charge is 2.54. The van der Waals surface area contributed by atoms with Gasteiger partial charge in [0.25, 0.3) is 0 Å². The quantitative estimate of drug-likeness (QED) is 0.726. The summed E-state index contributed by atoms with van der Waals surface area (Å²) in [7, 11) is 1.78. The van der Waals surface area contributed by atoms with Crippen molar-refractivity contribution in [1.82, 2.24) is 4.98 Å². The monoisotopic (exact) mass is 256 g/mol. The van der Waals surface area contributed by atoms with Crippen molar-refractivity contribution in [2.45, 2.75) is 24.7 Å². The Morgan fingerprint density at radius 3 is 2.84 bits per heavy atom. The number of aromatic nitrogens is 1. The number of likely N-dealkylation sites (N-methyl/N-ethyl adjacent to an activating group) is 1. The molecule has 19 heavy (non-hydrogen) atoms. The van der Waals surface area contributed by atoms with E-state index in [9.17, 15) is 9.18 Å². The Morgan fingerprint density at radius 1 is 1.37 bits per heavy atom. The summed E-state index contributed by atoms with van der Waals surface area (Å²) < 4.78 is 13.9. The standard InChI is InChI=1S/C15H13FN2O/c1-18-11-8-17-13-9(4-2-5-10(13)16)12(11)15(14(18)19)6-3-7-15/h2,4-5,8H,3,6-7H2,1H3. The van der Waals surface area contributed by atoms with Gasteiger partial charge in [-0.1, -0.05) is 18.6 Å². The van der Waals surface area contributed by atoms with Crippen LogP contribution in [0.2, 0.25) is 0 Å².